The van der Waals surface area contributed by atoms with Gasteiger partial charge < -0.3 is 5.11 Å². The van der Waals surface area contributed by atoms with Gasteiger partial charge in [0, 0.05) is 15.9 Å². The van der Waals surface area contributed by atoms with Crippen LogP contribution in [0.15, 0.2) is 20.5 Å². The smallest absolute Gasteiger partial charge is 0.131 e. The van der Waals surface area contributed by atoms with Crippen LogP contribution in [0.25, 0.3) is 0 Å². The van der Waals surface area contributed by atoms with Gasteiger partial charge in [-0.3, -0.25) is 4.68 Å². The summed E-state index contributed by atoms with van der Waals surface area (Å²) in [4.78, 5) is 0.820. The van der Waals surface area contributed by atoms with Crippen LogP contribution in [0.5, 0.6) is 0 Å². The molecule has 1 unspecified atom stereocenters. The molecule has 0 aliphatic carbocycles. The van der Waals surface area contributed by atoms with E-state index in [0.29, 0.717) is 17.3 Å². The lowest BCUT2D eigenvalue weighted by molar-refractivity contribution is 0.212. The number of halogens is 3. The molecule has 0 fully saturated rings. The Balaban J connectivity index is 2.42. The van der Waals surface area contributed by atoms with E-state index in [1.165, 1.54) is 11.3 Å². The predicted octanol–water partition coefficient (Wildman–Crippen LogP) is 4.22. The zero-order valence-corrected chi connectivity index (χ0v) is 13.6. The van der Waals surface area contributed by atoms with E-state index >= 15 is 0 Å². The summed E-state index contributed by atoms with van der Waals surface area (Å²) in [5.74, 6) is 0. The Bertz CT molecular complexity index is 521. The van der Waals surface area contributed by atoms with Crippen LogP contribution in [-0.2, 0) is 6.54 Å². The molecule has 0 spiro atoms. The van der Waals surface area contributed by atoms with Gasteiger partial charge in [-0.15, -0.1) is 11.3 Å². The van der Waals surface area contributed by atoms with Crippen LogP contribution in [0.2, 0.25) is 5.02 Å². The largest absolute Gasteiger partial charge is 0.381 e. The molecule has 0 aromatic carbocycles. The summed E-state index contributed by atoms with van der Waals surface area (Å²) in [6, 6.07) is 1.88. The van der Waals surface area contributed by atoms with Crippen molar-refractivity contribution in [2.75, 3.05) is 0 Å². The third-order valence-electron chi connectivity index (χ3n) is 2.33. The highest BCUT2D eigenvalue weighted by Crippen LogP contribution is 2.38. The summed E-state index contributed by atoms with van der Waals surface area (Å²) in [5, 5.41) is 14.9. The van der Waals surface area contributed by atoms with Crippen molar-refractivity contribution >= 4 is 54.8 Å². The van der Waals surface area contributed by atoms with E-state index in [-0.39, 0.29) is 0 Å². The van der Waals surface area contributed by atoms with Gasteiger partial charge in [0.15, 0.2) is 0 Å². The highest BCUT2D eigenvalue weighted by molar-refractivity contribution is 9.13. The van der Waals surface area contributed by atoms with Crippen LogP contribution in [0, 0.1) is 0 Å². The molecule has 3 nitrogen and oxygen atoms in total. The molecular formula is C10H9Br2ClN2OS. The lowest BCUT2D eigenvalue weighted by atomic mass is 10.2. The molecule has 2 heterocycles. The van der Waals surface area contributed by atoms with Crippen molar-refractivity contribution in [2.24, 2.45) is 0 Å². The van der Waals surface area contributed by atoms with Crippen LogP contribution in [0.3, 0.4) is 0 Å². The van der Waals surface area contributed by atoms with Gasteiger partial charge in [-0.2, -0.15) is 5.10 Å². The van der Waals surface area contributed by atoms with Crippen LogP contribution in [0.4, 0.5) is 0 Å². The number of thiophene rings is 1. The van der Waals surface area contributed by atoms with Gasteiger partial charge in [0.25, 0.3) is 0 Å². The van der Waals surface area contributed by atoms with E-state index in [4.69, 9.17) is 11.6 Å². The summed E-state index contributed by atoms with van der Waals surface area (Å²) in [6.07, 6.45) is 0.805. The van der Waals surface area contributed by atoms with E-state index in [0.717, 1.165) is 13.1 Å². The molecule has 7 heteroatoms. The number of aryl methyl sites for hydroxylation is 1. The van der Waals surface area contributed by atoms with Gasteiger partial charge in [-0.05, 0) is 44.8 Å². The molecule has 0 bridgehead atoms. The number of aliphatic hydroxyl groups is 1. The molecule has 0 aliphatic heterocycles. The van der Waals surface area contributed by atoms with Crippen molar-refractivity contribution in [1.29, 1.82) is 0 Å². The normalized spacial score (nSPS) is 13.0. The monoisotopic (exact) mass is 398 g/mol. The Morgan fingerprint density at radius 2 is 2.29 bits per heavy atom. The van der Waals surface area contributed by atoms with Crippen LogP contribution < -0.4 is 0 Å². The summed E-state index contributed by atoms with van der Waals surface area (Å²) in [6.45, 7) is 2.63. The van der Waals surface area contributed by atoms with E-state index in [1.807, 2.05) is 13.0 Å². The first kappa shape index (κ1) is 13.5. The number of hydrogen-bond donors (Lipinski definition) is 1. The van der Waals surface area contributed by atoms with Gasteiger partial charge in [0.05, 0.1) is 20.7 Å². The third kappa shape index (κ3) is 2.61. The Morgan fingerprint density at radius 3 is 2.82 bits per heavy atom. The minimum absolute atomic E-state index is 0.486. The number of rotatable bonds is 3. The number of hydrogen-bond acceptors (Lipinski definition) is 3. The zero-order valence-electron chi connectivity index (χ0n) is 8.82. The molecule has 17 heavy (non-hydrogen) atoms. The van der Waals surface area contributed by atoms with E-state index in [2.05, 4.69) is 37.0 Å². The van der Waals surface area contributed by atoms with Crippen molar-refractivity contribution in [3.63, 3.8) is 0 Å². The topological polar surface area (TPSA) is 38.0 Å². The Kier molecular flexibility index (Phi) is 4.31. The predicted molar refractivity (Wildman–Crippen MR) is 76.7 cm³/mol. The molecule has 0 saturated carbocycles. The van der Waals surface area contributed by atoms with Gasteiger partial charge in [0.2, 0.25) is 0 Å². The lowest BCUT2D eigenvalue weighted by Gasteiger charge is -2.11. The van der Waals surface area contributed by atoms with Gasteiger partial charge >= 0.3 is 0 Å². The molecule has 2 aromatic heterocycles. The molecule has 2 aromatic rings. The maximum atomic E-state index is 10.3. The molecule has 0 saturated heterocycles. The quantitative estimate of drug-likeness (QED) is 0.838. The molecule has 2 rings (SSSR count). The summed E-state index contributed by atoms with van der Waals surface area (Å²) < 4.78 is 3.58. The molecule has 0 amide bonds. The van der Waals surface area contributed by atoms with E-state index < -0.39 is 6.10 Å². The Hall–Kier alpha value is 0.120. The minimum Gasteiger partial charge on any atom is -0.381 e. The maximum Gasteiger partial charge on any atom is 0.131 e. The second-order valence-corrected chi connectivity index (χ2v) is 7.03. The minimum atomic E-state index is -0.752. The average molecular weight is 401 g/mol. The van der Waals surface area contributed by atoms with Gasteiger partial charge in [-0.25, -0.2) is 0 Å². The fourth-order valence-corrected chi connectivity index (χ4v) is 3.85. The maximum absolute atomic E-state index is 10.3. The van der Waals surface area contributed by atoms with E-state index in [9.17, 15) is 5.11 Å². The molecule has 1 atom stereocenters. The number of nitrogens with zero attached hydrogens (tertiary/aromatic N) is 2. The number of aliphatic hydroxyl groups excluding tert-OH is 1. The Morgan fingerprint density at radius 1 is 1.59 bits per heavy atom. The highest BCUT2D eigenvalue weighted by atomic mass is 79.9. The van der Waals surface area contributed by atoms with Crippen molar-refractivity contribution in [1.82, 2.24) is 9.78 Å². The molecule has 92 valence electrons. The van der Waals surface area contributed by atoms with Crippen LogP contribution in [0.1, 0.15) is 23.6 Å². The SMILES string of the molecule is CCn1ncc(Cl)c1C(O)c1cc(Br)c(Br)s1. The first-order valence-electron chi connectivity index (χ1n) is 4.88. The molecule has 0 aliphatic rings. The van der Waals surface area contributed by atoms with Gasteiger partial charge in [0.1, 0.15) is 6.10 Å². The second kappa shape index (κ2) is 5.40. The third-order valence-corrected chi connectivity index (χ3v) is 5.93. The van der Waals surface area contributed by atoms with Crippen molar-refractivity contribution in [3.05, 3.63) is 36.1 Å². The number of aromatic nitrogens is 2. The van der Waals surface area contributed by atoms with Crippen LogP contribution >= 0.6 is 54.8 Å². The lowest BCUT2D eigenvalue weighted by Crippen LogP contribution is -2.08. The second-order valence-electron chi connectivity index (χ2n) is 3.37. The highest BCUT2D eigenvalue weighted by Gasteiger charge is 2.21. The summed E-state index contributed by atoms with van der Waals surface area (Å²) in [7, 11) is 0. The molecular weight excluding hydrogens is 391 g/mol. The average Bonchev–Trinajstić information content (AvgIpc) is 2.82. The molecule has 0 radical (unpaired) electrons. The van der Waals surface area contributed by atoms with Crippen LogP contribution in [-0.4, -0.2) is 14.9 Å². The fraction of sp³-hybridized carbons (Fsp3) is 0.300. The fourth-order valence-electron chi connectivity index (χ4n) is 1.53. The summed E-state index contributed by atoms with van der Waals surface area (Å²) in [5.41, 5.74) is 0.635. The van der Waals surface area contributed by atoms with Gasteiger partial charge in [-0.1, -0.05) is 11.6 Å². The van der Waals surface area contributed by atoms with E-state index in [1.54, 1.807) is 10.9 Å². The van der Waals surface area contributed by atoms with Crippen molar-refractivity contribution in [3.8, 4) is 0 Å². The summed E-state index contributed by atoms with van der Waals surface area (Å²) >= 11 is 14.3. The first-order valence-corrected chi connectivity index (χ1v) is 7.66. The molecule has 1 N–H and O–H groups in total. The van der Waals surface area contributed by atoms with Crippen molar-refractivity contribution < 1.29 is 5.11 Å². The zero-order chi connectivity index (χ0) is 12.6. The first-order chi connectivity index (χ1) is 8.04. The Labute approximate surface area is 125 Å². The van der Waals surface area contributed by atoms with Crippen molar-refractivity contribution in [2.45, 2.75) is 19.6 Å². The standard InChI is InChI=1S/C10H9Br2ClN2OS/c1-2-15-8(6(13)4-14-15)9(16)7-3-5(11)10(12)17-7/h3-4,9,16H,2H2,1H3.